The number of ketones is 1. The van der Waals surface area contributed by atoms with E-state index < -0.39 is 28.6 Å². The average molecular weight is 502 g/mol. The molecule has 0 aliphatic carbocycles. The molecule has 1 atom stereocenters. The van der Waals surface area contributed by atoms with Gasteiger partial charge in [0.05, 0.1) is 16.2 Å². The van der Waals surface area contributed by atoms with Crippen LogP contribution in [-0.4, -0.2) is 54.7 Å². The number of nitrogens with one attached hydrogen (secondary N) is 1. The van der Waals surface area contributed by atoms with Crippen molar-refractivity contribution in [1.29, 1.82) is 0 Å². The number of rotatable bonds is 9. The molecule has 1 aliphatic heterocycles. The van der Waals surface area contributed by atoms with Crippen molar-refractivity contribution in [1.82, 2.24) is 5.32 Å². The molecule has 0 spiro atoms. The highest BCUT2D eigenvalue weighted by molar-refractivity contribution is 6.38. The van der Waals surface area contributed by atoms with Crippen molar-refractivity contribution in [2.75, 3.05) is 36.0 Å². The maximum absolute atomic E-state index is 13.4. The molecule has 0 bridgehead atoms. The zero-order chi connectivity index (χ0) is 26.4. The van der Waals surface area contributed by atoms with Gasteiger partial charge in [-0.2, -0.15) is 0 Å². The van der Waals surface area contributed by atoms with Gasteiger partial charge in [-0.15, -0.1) is 0 Å². The van der Waals surface area contributed by atoms with E-state index in [1.54, 1.807) is 36.4 Å². The first-order chi connectivity index (χ1) is 17.8. The Balaban J connectivity index is 1.58. The number of piperazine rings is 1. The molecule has 0 radical (unpaired) electrons. The van der Waals surface area contributed by atoms with Crippen LogP contribution in [0.2, 0.25) is 0 Å². The summed E-state index contributed by atoms with van der Waals surface area (Å²) in [5.41, 5.74) is 7.37. The fourth-order valence-corrected chi connectivity index (χ4v) is 4.41. The molecule has 1 heterocycles. The third kappa shape index (κ3) is 6.10. The maximum Gasteiger partial charge on any atom is 0.287 e. The standard InChI is InChI=1S/C27H27N5O5/c28-26(34)25(33)23(17-19-7-3-1-4-8-19)29-27(35)22-18-21(32(36)37)11-12-24(22)31-15-13-30(14-16-31)20-9-5-2-6-10-20/h1-12,18,23H,13-17H2,(H2,28,34)(H,29,35). The Hall–Kier alpha value is -4.73. The second kappa shape index (κ2) is 11.3. The number of Topliss-reactive ketones (excluding diaryl/α,β-unsaturated/α-hetero) is 1. The summed E-state index contributed by atoms with van der Waals surface area (Å²) in [5, 5.41) is 14.1. The number of hydrogen-bond donors (Lipinski definition) is 2. The summed E-state index contributed by atoms with van der Waals surface area (Å²) in [7, 11) is 0. The molecule has 1 unspecified atom stereocenters. The predicted octanol–water partition coefficient (Wildman–Crippen LogP) is 2.32. The number of nitro benzene ring substituents is 1. The van der Waals surface area contributed by atoms with Crippen LogP contribution in [0.15, 0.2) is 78.9 Å². The molecule has 1 fully saturated rings. The first-order valence-corrected chi connectivity index (χ1v) is 11.9. The van der Waals surface area contributed by atoms with Gasteiger partial charge in [0.2, 0.25) is 5.78 Å². The van der Waals surface area contributed by atoms with Crippen molar-refractivity contribution >= 4 is 34.7 Å². The molecule has 10 nitrogen and oxygen atoms in total. The lowest BCUT2D eigenvalue weighted by molar-refractivity contribution is -0.384. The lowest BCUT2D eigenvalue weighted by atomic mass is 10.0. The van der Waals surface area contributed by atoms with E-state index in [1.165, 1.54) is 12.1 Å². The van der Waals surface area contributed by atoms with Gasteiger partial charge in [-0.05, 0) is 23.8 Å². The van der Waals surface area contributed by atoms with Gasteiger partial charge in [-0.1, -0.05) is 48.5 Å². The highest BCUT2D eigenvalue weighted by Gasteiger charge is 2.29. The van der Waals surface area contributed by atoms with E-state index in [9.17, 15) is 24.5 Å². The van der Waals surface area contributed by atoms with E-state index in [-0.39, 0.29) is 17.7 Å². The number of nitrogens with zero attached hydrogens (tertiary/aromatic N) is 3. The summed E-state index contributed by atoms with van der Waals surface area (Å²) in [6.45, 7) is 2.55. The fraction of sp³-hybridized carbons (Fsp3) is 0.222. The summed E-state index contributed by atoms with van der Waals surface area (Å²) in [5.74, 6) is -2.81. The molecule has 2 amide bonds. The largest absolute Gasteiger partial charge is 0.368 e. The van der Waals surface area contributed by atoms with Gasteiger partial charge < -0.3 is 20.9 Å². The van der Waals surface area contributed by atoms with Gasteiger partial charge in [-0.25, -0.2) is 0 Å². The quantitative estimate of drug-likeness (QED) is 0.261. The van der Waals surface area contributed by atoms with Gasteiger partial charge in [0.25, 0.3) is 17.5 Å². The number of hydrogen-bond acceptors (Lipinski definition) is 7. The Morgan fingerprint density at radius 3 is 2.08 bits per heavy atom. The molecule has 1 aliphatic rings. The van der Waals surface area contributed by atoms with E-state index in [1.807, 2.05) is 35.2 Å². The molecule has 190 valence electrons. The van der Waals surface area contributed by atoms with E-state index in [2.05, 4.69) is 10.2 Å². The molecule has 1 saturated heterocycles. The Morgan fingerprint density at radius 1 is 0.892 bits per heavy atom. The molecule has 3 aromatic rings. The van der Waals surface area contributed by atoms with Crippen LogP contribution >= 0.6 is 0 Å². The van der Waals surface area contributed by atoms with Crippen molar-refractivity contribution in [3.8, 4) is 0 Å². The van der Waals surface area contributed by atoms with Crippen LogP contribution in [0.3, 0.4) is 0 Å². The number of carbonyl (C=O) groups is 3. The third-order valence-corrected chi connectivity index (χ3v) is 6.32. The molecule has 0 saturated carbocycles. The molecular weight excluding hydrogens is 474 g/mol. The Bertz CT molecular complexity index is 1290. The van der Waals surface area contributed by atoms with Crippen LogP contribution in [0.1, 0.15) is 15.9 Å². The topological polar surface area (TPSA) is 139 Å². The predicted molar refractivity (Wildman–Crippen MR) is 140 cm³/mol. The third-order valence-electron chi connectivity index (χ3n) is 6.32. The summed E-state index contributed by atoms with van der Waals surface area (Å²) in [6, 6.07) is 21.7. The fourth-order valence-electron chi connectivity index (χ4n) is 4.41. The van der Waals surface area contributed by atoms with Gasteiger partial charge in [0.15, 0.2) is 0 Å². The number of para-hydroxylation sites is 1. The minimum absolute atomic E-state index is 0.0500. The zero-order valence-corrected chi connectivity index (χ0v) is 20.1. The van der Waals surface area contributed by atoms with E-state index in [4.69, 9.17) is 5.73 Å². The SMILES string of the molecule is NC(=O)C(=O)C(Cc1ccccc1)NC(=O)c1cc([N+](=O)[O-])ccc1N1CCN(c2ccccc2)CC1. The van der Waals surface area contributed by atoms with Crippen molar-refractivity contribution in [2.24, 2.45) is 5.73 Å². The van der Waals surface area contributed by atoms with E-state index in [0.717, 1.165) is 11.3 Å². The van der Waals surface area contributed by atoms with Crippen LogP contribution in [0.4, 0.5) is 17.1 Å². The number of primary amides is 1. The van der Waals surface area contributed by atoms with Crippen LogP contribution in [0.25, 0.3) is 0 Å². The molecule has 37 heavy (non-hydrogen) atoms. The van der Waals surface area contributed by atoms with Crippen LogP contribution in [0.5, 0.6) is 0 Å². The smallest absolute Gasteiger partial charge is 0.287 e. The lowest BCUT2D eigenvalue weighted by Crippen LogP contribution is -2.49. The molecule has 10 heteroatoms. The molecule has 3 aromatic carbocycles. The number of nitrogens with two attached hydrogens (primary N) is 1. The maximum atomic E-state index is 13.4. The summed E-state index contributed by atoms with van der Waals surface area (Å²) < 4.78 is 0. The summed E-state index contributed by atoms with van der Waals surface area (Å²) in [6.07, 6.45) is 0.0500. The molecule has 3 N–H and O–H groups in total. The second-order valence-corrected chi connectivity index (χ2v) is 8.71. The Labute approximate surface area is 213 Å². The first-order valence-electron chi connectivity index (χ1n) is 11.9. The van der Waals surface area contributed by atoms with Crippen molar-refractivity contribution in [3.05, 3.63) is 100 Å². The Morgan fingerprint density at radius 2 is 1.49 bits per heavy atom. The molecule has 0 aromatic heterocycles. The minimum atomic E-state index is -1.21. The van der Waals surface area contributed by atoms with E-state index >= 15 is 0 Å². The van der Waals surface area contributed by atoms with Crippen LogP contribution < -0.4 is 20.9 Å². The van der Waals surface area contributed by atoms with Crippen LogP contribution in [0, 0.1) is 10.1 Å². The number of benzene rings is 3. The van der Waals surface area contributed by atoms with Crippen molar-refractivity contribution < 1.29 is 19.3 Å². The zero-order valence-electron chi connectivity index (χ0n) is 20.1. The monoisotopic (exact) mass is 501 g/mol. The summed E-state index contributed by atoms with van der Waals surface area (Å²) >= 11 is 0. The van der Waals surface area contributed by atoms with Crippen molar-refractivity contribution in [2.45, 2.75) is 12.5 Å². The number of amides is 2. The minimum Gasteiger partial charge on any atom is -0.368 e. The van der Waals surface area contributed by atoms with Gasteiger partial charge in [-0.3, -0.25) is 24.5 Å². The Kier molecular flexibility index (Phi) is 7.77. The van der Waals surface area contributed by atoms with E-state index in [0.29, 0.717) is 31.9 Å². The highest BCUT2D eigenvalue weighted by Crippen LogP contribution is 2.28. The average Bonchev–Trinajstić information content (AvgIpc) is 2.93. The highest BCUT2D eigenvalue weighted by atomic mass is 16.6. The first kappa shape index (κ1) is 25.4. The normalized spacial score (nSPS) is 14.1. The van der Waals surface area contributed by atoms with Crippen LogP contribution in [-0.2, 0) is 16.0 Å². The second-order valence-electron chi connectivity index (χ2n) is 8.71. The molecular formula is C27H27N5O5. The number of carbonyl (C=O) groups excluding carboxylic acids is 3. The van der Waals surface area contributed by atoms with Gasteiger partial charge in [0.1, 0.15) is 6.04 Å². The lowest BCUT2D eigenvalue weighted by Gasteiger charge is -2.38. The summed E-state index contributed by atoms with van der Waals surface area (Å²) in [4.78, 5) is 52.7. The molecule has 4 rings (SSSR count). The van der Waals surface area contributed by atoms with Gasteiger partial charge >= 0.3 is 0 Å². The van der Waals surface area contributed by atoms with Gasteiger partial charge in [0, 0.05) is 50.4 Å². The number of nitro groups is 1. The number of non-ortho nitro benzene ring substituents is 1. The van der Waals surface area contributed by atoms with Crippen molar-refractivity contribution in [3.63, 3.8) is 0 Å². The number of anilines is 2.